The van der Waals surface area contributed by atoms with Crippen molar-refractivity contribution in [2.75, 3.05) is 5.32 Å². The monoisotopic (exact) mass is 392 g/mol. The second-order valence-corrected chi connectivity index (χ2v) is 8.29. The number of hydrogen-bond donors (Lipinski definition) is 1. The summed E-state index contributed by atoms with van der Waals surface area (Å²) in [6.45, 7) is 2.05. The molecule has 0 radical (unpaired) electrons. The number of fused-ring (bicyclic) bond motifs is 1. The van der Waals surface area contributed by atoms with Crippen molar-refractivity contribution in [3.8, 4) is 0 Å². The molecule has 1 aliphatic carbocycles. The third-order valence-electron chi connectivity index (χ3n) is 6.09. The zero-order chi connectivity index (χ0) is 19.5. The summed E-state index contributed by atoms with van der Waals surface area (Å²) in [6, 6.07) is 17.8. The predicted molar refractivity (Wildman–Crippen MR) is 116 cm³/mol. The molecule has 0 spiro atoms. The van der Waals surface area contributed by atoms with Gasteiger partial charge < -0.3 is 5.32 Å². The number of pyridine rings is 1. The summed E-state index contributed by atoms with van der Waals surface area (Å²) >= 11 is 5.91. The summed E-state index contributed by atoms with van der Waals surface area (Å²) in [5, 5.41) is 4.90. The number of nitrogens with zero attached hydrogens (tertiary/aromatic N) is 1. The van der Waals surface area contributed by atoms with Crippen LogP contribution in [0.4, 0.5) is 5.69 Å². The Hall–Kier alpha value is -2.39. The molecule has 2 aromatic carbocycles. The average Bonchev–Trinajstić information content (AvgIpc) is 2.74. The normalized spacial score (nSPS) is 20.6. The molecule has 28 heavy (non-hydrogen) atoms. The Bertz CT molecular complexity index is 962. The van der Waals surface area contributed by atoms with Crippen molar-refractivity contribution in [3.05, 3.63) is 71.4 Å². The quantitative estimate of drug-likeness (QED) is 0.555. The fourth-order valence-corrected chi connectivity index (χ4v) is 4.39. The van der Waals surface area contributed by atoms with Crippen LogP contribution in [0.25, 0.3) is 10.9 Å². The number of carbonyl (C=O) groups excluding carboxylic acids is 1. The van der Waals surface area contributed by atoms with Crippen molar-refractivity contribution in [1.29, 1.82) is 0 Å². The largest absolute Gasteiger partial charge is 0.326 e. The van der Waals surface area contributed by atoms with Gasteiger partial charge in [-0.15, -0.1) is 0 Å². The number of amides is 1. The number of carbonyl (C=O) groups is 1. The first-order valence-corrected chi connectivity index (χ1v) is 10.4. The number of nitrogens with one attached hydrogen (secondary N) is 1. The van der Waals surface area contributed by atoms with Crippen molar-refractivity contribution in [2.45, 2.75) is 38.5 Å². The van der Waals surface area contributed by atoms with E-state index in [0.717, 1.165) is 36.9 Å². The molecule has 1 aromatic heterocycles. The van der Waals surface area contributed by atoms with Crippen molar-refractivity contribution < 1.29 is 4.79 Å². The summed E-state index contributed by atoms with van der Waals surface area (Å²) in [6.07, 6.45) is 6.41. The van der Waals surface area contributed by atoms with Crippen molar-refractivity contribution in [2.24, 2.45) is 11.8 Å². The molecule has 0 saturated heterocycles. The van der Waals surface area contributed by atoms with Gasteiger partial charge in [0.25, 0.3) is 0 Å². The molecule has 1 aliphatic rings. The molecule has 144 valence electrons. The van der Waals surface area contributed by atoms with E-state index in [2.05, 4.69) is 34.6 Å². The van der Waals surface area contributed by atoms with Gasteiger partial charge in [-0.3, -0.25) is 9.78 Å². The molecule has 1 fully saturated rings. The first-order valence-electron chi connectivity index (χ1n) is 10.0. The molecular formula is C24H25ClN2O. The van der Waals surface area contributed by atoms with E-state index in [1.165, 1.54) is 10.9 Å². The fraction of sp³-hybridized carbons (Fsp3) is 0.333. The summed E-state index contributed by atoms with van der Waals surface area (Å²) < 4.78 is 0. The van der Waals surface area contributed by atoms with Gasteiger partial charge in [-0.1, -0.05) is 36.7 Å². The second kappa shape index (κ2) is 8.32. The highest BCUT2D eigenvalue weighted by atomic mass is 35.5. The third-order valence-corrected chi connectivity index (χ3v) is 6.34. The Morgan fingerprint density at radius 3 is 2.54 bits per heavy atom. The van der Waals surface area contributed by atoms with E-state index in [0.29, 0.717) is 16.9 Å². The summed E-state index contributed by atoms with van der Waals surface area (Å²) in [5.74, 6) is 1.07. The maximum absolute atomic E-state index is 12.6. The predicted octanol–water partition coefficient (Wildman–Crippen LogP) is 6.44. The van der Waals surface area contributed by atoms with Crippen LogP contribution in [0.5, 0.6) is 0 Å². The Labute approximate surface area is 171 Å². The van der Waals surface area contributed by atoms with Crippen LogP contribution >= 0.6 is 11.6 Å². The standard InChI is InChI=1S/C24H25ClN2O/c1-16(24(28)27-22-12-10-21(25)11-13-22)17-6-8-18(9-7-17)20-14-19-4-2-3-5-23(19)26-15-20/h2-5,10-18H,6-9H2,1H3,(H,27,28)/t16-,17-,18-/m1/s1. The first-order chi connectivity index (χ1) is 13.6. The molecule has 3 nitrogen and oxygen atoms in total. The highest BCUT2D eigenvalue weighted by Gasteiger charge is 2.29. The topological polar surface area (TPSA) is 42.0 Å². The lowest BCUT2D eigenvalue weighted by Gasteiger charge is -2.32. The van der Waals surface area contributed by atoms with Crippen LogP contribution in [0.1, 0.15) is 44.1 Å². The maximum Gasteiger partial charge on any atom is 0.227 e. The van der Waals surface area contributed by atoms with Crippen LogP contribution < -0.4 is 5.32 Å². The van der Waals surface area contributed by atoms with E-state index in [-0.39, 0.29) is 11.8 Å². The number of aromatic nitrogens is 1. The molecule has 0 aliphatic heterocycles. The van der Waals surface area contributed by atoms with Gasteiger partial charge in [0.1, 0.15) is 0 Å². The lowest BCUT2D eigenvalue weighted by Crippen LogP contribution is -2.29. The average molecular weight is 393 g/mol. The molecule has 1 amide bonds. The van der Waals surface area contributed by atoms with Crippen molar-refractivity contribution in [1.82, 2.24) is 4.98 Å². The lowest BCUT2D eigenvalue weighted by molar-refractivity contribution is -0.121. The van der Waals surface area contributed by atoms with Crippen LogP contribution in [0, 0.1) is 11.8 Å². The van der Waals surface area contributed by atoms with Gasteiger partial charge in [0.15, 0.2) is 0 Å². The van der Waals surface area contributed by atoms with E-state index < -0.39 is 0 Å². The molecule has 4 heteroatoms. The van der Waals surface area contributed by atoms with E-state index in [1.54, 1.807) is 12.1 Å². The number of anilines is 1. The molecule has 1 atom stereocenters. The van der Waals surface area contributed by atoms with Crippen molar-refractivity contribution in [3.63, 3.8) is 0 Å². The van der Waals surface area contributed by atoms with Gasteiger partial charge in [0.05, 0.1) is 5.52 Å². The summed E-state index contributed by atoms with van der Waals surface area (Å²) in [4.78, 5) is 17.3. The van der Waals surface area contributed by atoms with Crippen LogP contribution in [0.15, 0.2) is 60.8 Å². The molecule has 4 rings (SSSR count). The molecule has 1 saturated carbocycles. The number of hydrogen-bond acceptors (Lipinski definition) is 2. The molecule has 1 heterocycles. The van der Waals surface area contributed by atoms with Gasteiger partial charge >= 0.3 is 0 Å². The van der Waals surface area contributed by atoms with Crippen molar-refractivity contribution >= 4 is 34.1 Å². The van der Waals surface area contributed by atoms with Gasteiger partial charge in [-0.05, 0) is 79.5 Å². The minimum atomic E-state index is 0.00589. The number of rotatable bonds is 4. The Balaban J connectivity index is 1.36. The van der Waals surface area contributed by atoms with Gasteiger partial charge in [-0.25, -0.2) is 0 Å². The minimum absolute atomic E-state index is 0.00589. The van der Waals surface area contributed by atoms with Crippen LogP contribution in [0.3, 0.4) is 0 Å². The van der Waals surface area contributed by atoms with Crippen LogP contribution in [-0.2, 0) is 4.79 Å². The Kier molecular flexibility index (Phi) is 5.63. The SMILES string of the molecule is C[C@@H](C(=O)Nc1ccc(Cl)cc1)[C@H]1CC[C@H](c2cnc3ccccc3c2)CC1. The van der Waals surface area contributed by atoms with E-state index in [9.17, 15) is 4.79 Å². The first kappa shape index (κ1) is 18.9. The van der Waals surface area contributed by atoms with Crippen LogP contribution in [-0.4, -0.2) is 10.9 Å². The highest BCUT2D eigenvalue weighted by Crippen LogP contribution is 2.39. The van der Waals surface area contributed by atoms with Gasteiger partial charge in [-0.2, -0.15) is 0 Å². The van der Waals surface area contributed by atoms with E-state index in [4.69, 9.17) is 11.6 Å². The lowest BCUT2D eigenvalue weighted by atomic mass is 9.74. The summed E-state index contributed by atoms with van der Waals surface area (Å²) in [7, 11) is 0. The number of halogens is 1. The minimum Gasteiger partial charge on any atom is -0.326 e. The molecule has 0 bridgehead atoms. The smallest absolute Gasteiger partial charge is 0.227 e. The second-order valence-electron chi connectivity index (χ2n) is 7.86. The zero-order valence-electron chi connectivity index (χ0n) is 16.1. The summed E-state index contributed by atoms with van der Waals surface area (Å²) in [5.41, 5.74) is 3.18. The molecule has 0 unspecified atom stereocenters. The molecular weight excluding hydrogens is 368 g/mol. The highest BCUT2D eigenvalue weighted by molar-refractivity contribution is 6.30. The third kappa shape index (κ3) is 4.20. The number of para-hydroxylation sites is 1. The van der Waals surface area contributed by atoms with E-state index >= 15 is 0 Å². The van der Waals surface area contributed by atoms with Crippen LogP contribution in [0.2, 0.25) is 5.02 Å². The maximum atomic E-state index is 12.6. The molecule has 3 aromatic rings. The van der Waals surface area contributed by atoms with Gasteiger partial charge in [0.2, 0.25) is 5.91 Å². The van der Waals surface area contributed by atoms with E-state index in [1.807, 2.05) is 31.3 Å². The Morgan fingerprint density at radius 2 is 1.79 bits per heavy atom. The van der Waals surface area contributed by atoms with Gasteiger partial charge in [0, 0.05) is 28.2 Å². The fourth-order valence-electron chi connectivity index (χ4n) is 4.27. The zero-order valence-corrected chi connectivity index (χ0v) is 16.8. The molecule has 1 N–H and O–H groups in total. The number of benzene rings is 2. The Morgan fingerprint density at radius 1 is 1.07 bits per heavy atom.